The molecule has 1 heterocycles. The van der Waals surface area contributed by atoms with Crippen molar-refractivity contribution < 1.29 is 35.8 Å². The van der Waals surface area contributed by atoms with Crippen molar-refractivity contribution in [2.75, 3.05) is 18.9 Å². The van der Waals surface area contributed by atoms with E-state index in [1.807, 2.05) is 0 Å². The molecule has 0 unspecified atom stereocenters. The van der Waals surface area contributed by atoms with Crippen molar-refractivity contribution in [3.05, 3.63) is 30.5 Å². The van der Waals surface area contributed by atoms with Crippen LogP contribution in [0.3, 0.4) is 0 Å². The maximum Gasteiger partial charge on any atom is 0.422 e. The van der Waals surface area contributed by atoms with Crippen LogP contribution in [0.15, 0.2) is 30.5 Å². The quantitative estimate of drug-likeness (QED) is 0.818. The van der Waals surface area contributed by atoms with Crippen molar-refractivity contribution in [2.24, 2.45) is 0 Å². The van der Waals surface area contributed by atoms with E-state index < -0.39 is 25.6 Å². The Balaban J connectivity index is 2.35. The Bertz CT molecular complexity index is 733. The maximum atomic E-state index is 12.4. The van der Waals surface area contributed by atoms with Gasteiger partial charge in [-0.1, -0.05) is 0 Å². The number of rotatable bonds is 5. The first kappa shape index (κ1) is 18.6. The Hall–Kier alpha value is -2.72. The van der Waals surface area contributed by atoms with Crippen LogP contribution < -0.4 is 15.2 Å². The summed E-state index contributed by atoms with van der Waals surface area (Å²) in [6, 6.07) is 4.52. The molecule has 0 atom stereocenters. The minimum absolute atomic E-state index is 0.0157. The highest BCUT2D eigenvalue weighted by atomic mass is 19.4. The Labute approximate surface area is 137 Å². The number of nitrogens with zero attached hydrogens (tertiary/aromatic N) is 2. The van der Waals surface area contributed by atoms with E-state index >= 15 is 0 Å². The van der Waals surface area contributed by atoms with Gasteiger partial charge in [0.2, 0.25) is 5.95 Å². The molecule has 1 aromatic carbocycles. The maximum absolute atomic E-state index is 12.4. The monoisotopic (exact) mass is 367 g/mol. The molecule has 2 aromatic rings. The van der Waals surface area contributed by atoms with Crippen molar-refractivity contribution in [3.63, 3.8) is 0 Å². The standard InChI is InChI=1S/C14H11F6N3O2/c15-13(16,17)6-24-8-1-2-11(25-7-14(18,19)20)9(5-8)10-3-4-22-12(21)23-10/h1-5H,6-7H2,(H2,21,22,23). The summed E-state index contributed by atoms with van der Waals surface area (Å²) < 4.78 is 83.0. The molecule has 136 valence electrons. The highest BCUT2D eigenvalue weighted by molar-refractivity contribution is 5.69. The van der Waals surface area contributed by atoms with Gasteiger partial charge < -0.3 is 15.2 Å². The summed E-state index contributed by atoms with van der Waals surface area (Å²) in [7, 11) is 0. The van der Waals surface area contributed by atoms with E-state index in [2.05, 4.69) is 14.7 Å². The second-order valence-electron chi connectivity index (χ2n) is 4.77. The zero-order chi connectivity index (χ0) is 18.7. The summed E-state index contributed by atoms with van der Waals surface area (Å²) in [6.07, 6.45) is -7.91. The summed E-state index contributed by atoms with van der Waals surface area (Å²) in [4.78, 5) is 7.46. The van der Waals surface area contributed by atoms with Crippen molar-refractivity contribution in [1.29, 1.82) is 0 Å². The summed E-state index contributed by atoms with van der Waals surface area (Å²) in [5.41, 5.74) is 5.48. The summed E-state index contributed by atoms with van der Waals surface area (Å²) in [5.74, 6) is -0.625. The van der Waals surface area contributed by atoms with E-state index in [-0.39, 0.29) is 28.7 Å². The number of hydrogen-bond acceptors (Lipinski definition) is 5. The molecule has 0 fully saturated rings. The molecule has 2 N–H and O–H groups in total. The topological polar surface area (TPSA) is 70.3 Å². The highest BCUT2D eigenvalue weighted by Crippen LogP contribution is 2.34. The number of aromatic nitrogens is 2. The second-order valence-corrected chi connectivity index (χ2v) is 4.77. The van der Waals surface area contributed by atoms with E-state index in [4.69, 9.17) is 10.5 Å². The molecule has 0 saturated carbocycles. The predicted octanol–water partition coefficient (Wildman–Crippen LogP) is 3.61. The molecule has 25 heavy (non-hydrogen) atoms. The van der Waals surface area contributed by atoms with E-state index in [0.29, 0.717) is 0 Å². The van der Waals surface area contributed by atoms with Gasteiger partial charge in [-0.3, -0.25) is 0 Å². The van der Waals surface area contributed by atoms with Crippen molar-refractivity contribution in [3.8, 4) is 22.8 Å². The number of halogens is 6. The van der Waals surface area contributed by atoms with Crippen LogP contribution >= 0.6 is 0 Å². The van der Waals surface area contributed by atoms with Gasteiger partial charge in [0, 0.05) is 11.8 Å². The van der Waals surface area contributed by atoms with Crippen LogP contribution in [-0.4, -0.2) is 35.5 Å². The Kier molecular flexibility index (Phi) is 5.24. The summed E-state index contributed by atoms with van der Waals surface area (Å²) in [6.45, 7) is -3.13. The lowest BCUT2D eigenvalue weighted by molar-refractivity contribution is -0.154. The van der Waals surface area contributed by atoms with Crippen molar-refractivity contribution >= 4 is 5.95 Å². The normalized spacial score (nSPS) is 12.1. The first-order valence-corrected chi connectivity index (χ1v) is 6.65. The molecule has 0 spiro atoms. The van der Waals surface area contributed by atoms with E-state index in [1.54, 1.807) is 0 Å². The lowest BCUT2D eigenvalue weighted by atomic mass is 10.1. The third-order valence-corrected chi connectivity index (χ3v) is 2.70. The molecule has 0 saturated heterocycles. The number of hydrogen-bond donors (Lipinski definition) is 1. The fraction of sp³-hybridized carbons (Fsp3) is 0.286. The molecule has 0 aliphatic rings. The Morgan fingerprint density at radius 1 is 0.920 bits per heavy atom. The SMILES string of the molecule is Nc1nccc(-c2cc(OCC(F)(F)F)ccc2OCC(F)(F)F)n1. The van der Waals surface area contributed by atoms with Crippen LogP contribution in [0.5, 0.6) is 11.5 Å². The van der Waals surface area contributed by atoms with Crippen LogP contribution in [0.2, 0.25) is 0 Å². The molecule has 0 radical (unpaired) electrons. The van der Waals surface area contributed by atoms with Gasteiger partial charge in [-0.05, 0) is 24.3 Å². The average molecular weight is 367 g/mol. The van der Waals surface area contributed by atoms with Gasteiger partial charge in [-0.25, -0.2) is 9.97 Å². The molecule has 5 nitrogen and oxygen atoms in total. The summed E-state index contributed by atoms with van der Waals surface area (Å²) >= 11 is 0. The van der Waals surface area contributed by atoms with Crippen LogP contribution in [-0.2, 0) is 0 Å². The molecule has 0 aliphatic carbocycles. The summed E-state index contributed by atoms with van der Waals surface area (Å²) in [5, 5.41) is 0. The molecule has 0 amide bonds. The first-order valence-electron chi connectivity index (χ1n) is 6.65. The second kappa shape index (κ2) is 7.03. The minimum Gasteiger partial charge on any atom is -0.484 e. The van der Waals surface area contributed by atoms with Crippen LogP contribution in [0.25, 0.3) is 11.3 Å². The third kappa shape index (κ3) is 6.01. The van der Waals surface area contributed by atoms with Gasteiger partial charge >= 0.3 is 12.4 Å². The van der Waals surface area contributed by atoms with E-state index in [1.165, 1.54) is 12.3 Å². The molecule has 2 rings (SSSR count). The van der Waals surface area contributed by atoms with Gasteiger partial charge in [0.15, 0.2) is 13.2 Å². The molecule has 11 heteroatoms. The lowest BCUT2D eigenvalue weighted by Crippen LogP contribution is -2.20. The lowest BCUT2D eigenvalue weighted by Gasteiger charge is -2.15. The van der Waals surface area contributed by atoms with Gasteiger partial charge in [-0.15, -0.1) is 0 Å². The molecule has 1 aromatic heterocycles. The van der Waals surface area contributed by atoms with Crippen LogP contribution in [0.1, 0.15) is 0 Å². The number of alkyl halides is 6. The Morgan fingerprint density at radius 3 is 2.16 bits per heavy atom. The number of nitrogen functional groups attached to an aromatic ring is 1. The molecular weight excluding hydrogens is 356 g/mol. The van der Waals surface area contributed by atoms with E-state index in [9.17, 15) is 26.3 Å². The zero-order valence-corrected chi connectivity index (χ0v) is 12.4. The van der Waals surface area contributed by atoms with Gasteiger partial charge in [-0.2, -0.15) is 26.3 Å². The smallest absolute Gasteiger partial charge is 0.422 e. The van der Waals surface area contributed by atoms with Crippen molar-refractivity contribution in [2.45, 2.75) is 12.4 Å². The van der Waals surface area contributed by atoms with E-state index in [0.717, 1.165) is 18.2 Å². The number of anilines is 1. The predicted molar refractivity (Wildman–Crippen MR) is 75.0 cm³/mol. The van der Waals surface area contributed by atoms with Gasteiger partial charge in [0.1, 0.15) is 11.5 Å². The fourth-order valence-electron chi connectivity index (χ4n) is 1.77. The number of nitrogens with two attached hydrogens (primary N) is 1. The number of ether oxygens (including phenoxy) is 2. The minimum atomic E-state index is -4.59. The van der Waals surface area contributed by atoms with Crippen LogP contribution in [0.4, 0.5) is 32.3 Å². The Morgan fingerprint density at radius 2 is 1.56 bits per heavy atom. The number of benzene rings is 1. The highest BCUT2D eigenvalue weighted by Gasteiger charge is 2.30. The molecule has 0 bridgehead atoms. The fourth-order valence-corrected chi connectivity index (χ4v) is 1.77. The molecule has 0 aliphatic heterocycles. The molecular formula is C14H11F6N3O2. The zero-order valence-electron chi connectivity index (χ0n) is 12.4. The average Bonchev–Trinajstić information content (AvgIpc) is 2.50. The first-order chi connectivity index (χ1) is 11.5. The van der Waals surface area contributed by atoms with Gasteiger partial charge in [0.05, 0.1) is 5.69 Å². The van der Waals surface area contributed by atoms with Gasteiger partial charge in [0.25, 0.3) is 0 Å². The third-order valence-electron chi connectivity index (χ3n) is 2.70. The van der Waals surface area contributed by atoms with Crippen molar-refractivity contribution in [1.82, 2.24) is 9.97 Å². The van der Waals surface area contributed by atoms with Crippen LogP contribution in [0, 0.1) is 0 Å². The largest absolute Gasteiger partial charge is 0.484 e.